The maximum atomic E-state index is 13.2. The Balaban J connectivity index is 2.85. The van der Waals surface area contributed by atoms with Gasteiger partial charge in [-0.25, -0.2) is 4.98 Å². The minimum absolute atomic E-state index is 0.0815. The minimum atomic E-state index is -4.71. The molecule has 2 heterocycles. The molecule has 0 fully saturated rings. The van der Waals surface area contributed by atoms with Crippen molar-refractivity contribution in [3.63, 3.8) is 0 Å². The largest absolute Gasteiger partial charge is 0.433 e. The zero-order chi connectivity index (χ0) is 16.3. The lowest BCUT2D eigenvalue weighted by Gasteiger charge is -2.16. The molecule has 0 radical (unpaired) electrons. The molecule has 0 amide bonds. The number of aromatic nitrogens is 3. The minimum Gasteiger partial charge on any atom is -0.281 e. The molecule has 0 atom stereocenters. The van der Waals surface area contributed by atoms with E-state index in [4.69, 9.17) is 6.42 Å². The number of hydrogen-bond acceptors (Lipinski definition) is 3. The first-order chi connectivity index (χ1) is 10.4. The van der Waals surface area contributed by atoms with E-state index in [9.17, 15) is 18.0 Å². The number of rotatable bonds is 3. The monoisotopic (exact) mass is 307 g/mol. The topological polar surface area (TPSA) is 47.8 Å². The molecule has 0 saturated heterocycles. The van der Waals surface area contributed by atoms with Crippen molar-refractivity contribution in [3.05, 3.63) is 46.1 Å². The van der Waals surface area contributed by atoms with Gasteiger partial charge in [0, 0.05) is 23.5 Å². The SMILES string of the molecule is C#CCn1c(-c2ccncc2)nc(C(F)(F)F)c(CC)c1=O. The highest BCUT2D eigenvalue weighted by Crippen LogP contribution is 2.31. The Morgan fingerprint density at radius 3 is 2.45 bits per heavy atom. The summed E-state index contributed by atoms with van der Waals surface area (Å²) in [4.78, 5) is 19.8. The van der Waals surface area contributed by atoms with E-state index < -0.39 is 17.4 Å². The van der Waals surface area contributed by atoms with Crippen LogP contribution in [0.5, 0.6) is 0 Å². The molecule has 0 aliphatic carbocycles. The summed E-state index contributed by atoms with van der Waals surface area (Å²) in [5.41, 5.74) is -1.98. The van der Waals surface area contributed by atoms with Crippen molar-refractivity contribution in [2.45, 2.75) is 26.1 Å². The molecule has 0 N–H and O–H groups in total. The maximum absolute atomic E-state index is 13.2. The molecule has 2 aromatic rings. The van der Waals surface area contributed by atoms with Crippen molar-refractivity contribution in [3.8, 4) is 23.7 Å². The van der Waals surface area contributed by atoms with Crippen LogP contribution in [-0.4, -0.2) is 14.5 Å². The summed E-state index contributed by atoms with van der Waals surface area (Å²) in [6.07, 6.45) is 3.24. The predicted molar refractivity (Wildman–Crippen MR) is 74.9 cm³/mol. The van der Waals surface area contributed by atoms with Crippen molar-refractivity contribution in [1.29, 1.82) is 0 Å². The number of terminal acetylenes is 1. The Labute approximate surface area is 124 Å². The number of nitrogens with zero attached hydrogens (tertiary/aromatic N) is 3. The average Bonchev–Trinajstić information content (AvgIpc) is 2.48. The summed E-state index contributed by atoms with van der Waals surface area (Å²) in [7, 11) is 0. The zero-order valence-electron chi connectivity index (χ0n) is 11.7. The van der Waals surface area contributed by atoms with E-state index in [1.807, 2.05) is 0 Å². The molecule has 0 aromatic carbocycles. The molecule has 0 bridgehead atoms. The van der Waals surface area contributed by atoms with Gasteiger partial charge < -0.3 is 0 Å². The zero-order valence-corrected chi connectivity index (χ0v) is 11.7. The van der Waals surface area contributed by atoms with E-state index >= 15 is 0 Å². The maximum Gasteiger partial charge on any atom is 0.433 e. The van der Waals surface area contributed by atoms with Gasteiger partial charge in [-0.15, -0.1) is 6.42 Å². The quantitative estimate of drug-likeness (QED) is 0.819. The normalized spacial score (nSPS) is 11.2. The summed E-state index contributed by atoms with van der Waals surface area (Å²) in [5.74, 6) is 2.15. The lowest BCUT2D eigenvalue weighted by Crippen LogP contribution is -2.31. The third-order valence-corrected chi connectivity index (χ3v) is 3.07. The van der Waals surface area contributed by atoms with Crippen molar-refractivity contribution >= 4 is 0 Å². The van der Waals surface area contributed by atoms with Crippen LogP contribution in [0.25, 0.3) is 11.4 Å². The highest BCUT2D eigenvalue weighted by Gasteiger charge is 2.37. The van der Waals surface area contributed by atoms with Gasteiger partial charge in [-0.05, 0) is 18.6 Å². The Morgan fingerprint density at radius 1 is 1.32 bits per heavy atom. The van der Waals surface area contributed by atoms with Gasteiger partial charge in [0.25, 0.3) is 5.56 Å². The Bertz CT molecular complexity index is 774. The fourth-order valence-electron chi connectivity index (χ4n) is 2.11. The van der Waals surface area contributed by atoms with Crippen molar-refractivity contribution in [1.82, 2.24) is 14.5 Å². The van der Waals surface area contributed by atoms with Crippen LogP contribution in [0.15, 0.2) is 29.3 Å². The van der Waals surface area contributed by atoms with Crippen LogP contribution in [-0.2, 0) is 19.1 Å². The van der Waals surface area contributed by atoms with Crippen LogP contribution in [0.4, 0.5) is 13.2 Å². The molecule has 22 heavy (non-hydrogen) atoms. The van der Waals surface area contributed by atoms with E-state index in [0.29, 0.717) is 5.56 Å². The molecule has 0 unspecified atom stereocenters. The second kappa shape index (κ2) is 6.02. The molecule has 2 rings (SSSR count). The summed E-state index contributed by atoms with van der Waals surface area (Å²) >= 11 is 0. The third-order valence-electron chi connectivity index (χ3n) is 3.07. The highest BCUT2D eigenvalue weighted by molar-refractivity contribution is 5.55. The second-order valence-electron chi connectivity index (χ2n) is 4.45. The van der Waals surface area contributed by atoms with Gasteiger partial charge in [-0.2, -0.15) is 13.2 Å². The van der Waals surface area contributed by atoms with Gasteiger partial charge in [0.05, 0.1) is 6.54 Å². The van der Waals surface area contributed by atoms with Gasteiger partial charge >= 0.3 is 6.18 Å². The molecule has 0 aliphatic heterocycles. The number of halogens is 3. The molecule has 0 spiro atoms. The average molecular weight is 307 g/mol. The lowest BCUT2D eigenvalue weighted by molar-refractivity contribution is -0.142. The number of alkyl halides is 3. The lowest BCUT2D eigenvalue weighted by atomic mass is 10.1. The van der Waals surface area contributed by atoms with E-state index in [2.05, 4.69) is 15.9 Å². The molecule has 0 aliphatic rings. The molecular weight excluding hydrogens is 295 g/mol. The first-order valence-electron chi connectivity index (χ1n) is 6.45. The first kappa shape index (κ1) is 15.8. The smallest absolute Gasteiger partial charge is 0.281 e. The van der Waals surface area contributed by atoms with E-state index in [1.165, 1.54) is 31.5 Å². The second-order valence-corrected chi connectivity index (χ2v) is 4.45. The van der Waals surface area contributed by atoms with E-state index in [0.717, 1.165) is 4.57 Å². The van der Waals surface area contributed by atoms with Gasteiger partial charge in [-0.3, -0.25) is 14.3 Å². The number of hydrogen-bond donors (Lipinski definition) is 0. The Hall–Kier alpha value is -2.62. The van der Waals surface area contributed by atoms with Crippen LogP contribution in [0.2, 0.25) is 0 Å². The van der Waals surface area contributed by atoms with Crippen LogP contribution in [0, 0.1) is 12.3 Å². The van der Waals surface area contributed by atoms with E-state index in [1.54, 1.807) is 0 Å². The third kappa shape index (κ3) is 2.86. The standard InChI is InChI=1S/C15H12F3N3O/c1-3-9-21-13(10-5-7-19-8-6-10)20-12(15(16,17)18)11(4-2)14(21)22/h1,5-8H,4,9H2,2H3. The van der Waals surface area contributed by atoms with Gasteiger partial charge in [-0.1, -0.05) is 12.8 Å². The fourth-order valence-corrected chi connectivity index (χ4v) is 2.11. The molecule has 7 heteroatoms. The molecular formula is C15H12F3N3O. The first-order valence-corrected chi connectivity index (χ1v) is 6.45. The predicted octanol–water partition coefficient (Wildman–Crippen LogP) is 2.52. The van der Waals surface area contributed by atoms with Gasteiger partial charge in [0.1, 0.15) is 5.82 Å². The van der Waals surface area contributed by atoms with Crippen LogP contribution in [0.3, 0.4) is 0 Å². The molecule has 2 aromatic heterocycles. The summed E-state index contributed by atoms with van der Waals surface area (Å²) in [6.45, 7) is 1.31. The number of pyridine rings is 1. The molecule has 114 valence electrons. The van der Waals surface area contributed by atoms with Gasteiger partial charge in [0.2, 0.25) is 0 Å². The molecule has 4 nitrogen and oxygen atoms in total. The Kier molecular flexibility index (Phi) is 4.31. The van der Waals surface area contributed by atoms with Gasteiger partial charge in [0.15, 0.2) is 5.69 Å². The Morgan fingerprint density at radius 2 is 1.95 bits per heavy atom. The fraction of sp³-hybridized carbons (Fsp3) is 0.267. The van der Waals surface area contributed by atoms with Crippen LogP contribution >= 0.6 is 0 Å². The van der Waals surface area contributed by atoms with Crippen molar-refractivity contribution < 1.29 is 13.2 Å². The van der Waals surface area contributed by atoms with Crippen molar-refractivity contribution in [2.24, 2.45) is 0 Å². The molecule has 0 saturated carbocycles. The van der Waals surface area contributed by atoms with E-state index in [-0.39, 0.29) is 24.4 Å². The summed E-state index contributed by atoms with van der Waals surface area (Å²) in [5, 5.41) is 0. The highest BCUT2D eigenvalue weighted by atomic mass is 19.4. The van der Waals surface area contributed by atoms with Crippen molar-refractivity contribution in [2.75, 3.05) is 0 Å². The summed E-state index contributed by atoms with van der Waals surface area (Å²) in [6, 6.07) is 2.95. The van der Waals surface area contributed by atoms with Crippen LogP contribution < -0.4 is 5.56 Å². The van der Waals surface area contributed by atoms with Crippen LogP contribution in [0.1, 0.15) is 18.2 Å². The summed E-state index contributed by atoms with van der Waals surface area (Å²) < 4.78 is 40.6.